The number of hydrogen-bond acceptors (Lipinski definition) is 2. The van der Waals surface area contributed by atoms with Gasteiger partial charge < -0.3 is 0 Å². The van der Waals surface area contributed by atoms with Gasteiger partial charge in [-0.2, -0.15) is 0 Å². The van der Waals surface area contributed by atoms with Crippen molar-refractivity contribution in [2.45, 2.75) is 20.3 Å². The summed E-state index contributed by atoms with van der Waals surface area (Å²) in [5.74, 6) is 0.848. The molecule has 2 heteroatoms. The molecule has 0 bridgehead atoms. The lowest BCUT2D eigenvalue weighted by Crippen LogP contribution is -1.82. The van der Waals surface area contributed by atoms with Gasteiger partial charge in [0, 0.05) is 18.3 Å². The summed E-state index contributed by atoms with van der Waals surface area (Å²) in [4.78, 5) is 8.20. The Labute approximate surface area is 55.0 Å². The van der Waals surface area contributed by atoms with E-state index in [1.807, 2.05) is 20.1 Å². The zero-order chi connectivity index (χ0) is 6.69. The van der Waals surface area contributed by atoms with Crippen LogP contribution in [-0.4, -0.2) is 12.1 Å². The lowest BCUT2D eigenvalue weighted by atomic mass is 10.4. The molecule has 1 aliphatic heterocycles. The van der Waals surface area contributed by atoms with Gasteiger partial charge in [-0.1, -0.05) is 6.08 Å². The Morgan fingerprint density at radius 1 is 1.44 bits per heavy atom. The summed E-state index contributed by atoms with van der Waals surface area (Å²) < 4.78 is 0. The van der Waals surface area contributed by atoms with Crippen LogP contribution in [0.4, 0.5) is 0 Å². The average Bonchev–Trinajstić information content (AvgIpc) is 1.93. The molecule has 0 amide bonds. The van der Waals surface area contributed by atoms with E-state index in [1.54, 1.807) is 0 Å². The normalized spacial score (nSPS) is 18.4. The molecule has 0 saturated carbocycles. The molecule has 1 aliphatic rings. The fraction of sp³-hybridized carbons (Fsp3) is 0.429. The summed E-state index contributed by atoms with van der Waals surface area (Å²) in [6.45, 7) is 3.89. The molecule has 1 rings (SSSR count). The zero-order valence-electron chi connectivity index (χ0n) is 5.76. The SMILES string of the molecule is CC1=CCC=NC(C)=N1. The van der Waals surface area contributed by atoms with Gasteiger partial charge in [-0.05, 0) is 13.8 Å². The number of hydrogen-bond donors (Lipinski definition) is 0. The third kappa shape index (κ3) is 1.80. The van der Waals surface area contributed by atoms with E-state index in [1.165, 1.54) is 0 Å². The van der Waals surface area contributed by atoms with Crippen LogP contribution >= 0.6 is 0 Å². The van der Waals surface area contributed by atoms with E-state index in [2.05, 4.69) is 16.1 Å². The molecule has 0 spiro atoms. The molecule has 0 fully saturated rings. The summed E-state index contributed by atoms with van der Waals surface area (Å²) in [7, 11) is 0. The van der Waals surface area contributed by atoms with Crippen LogP contribution in [0, 0.1) is 0 Å². The van der Waals surface area contributed by atoms with E-state index < -0.39 is 0 Å². The monoisotopic (exact) mass is 122 g/mol. The van der Waals surface area contributed by atoms with Gasteiger partial charge in [-0.15, -0.1) is 0 Å². The highest BCUT2D eigenvalue weighted by Crippen LogP contribution is 2.00. The zero-order valence-corrected chi connectivity index (χ0v) is 5.76. The van der Waals surface area contributed by atoms with Crippen molar-refractivity contribution < 1.29 is 0 Å². The van der Waals surface area contributed by atoms with Crippen LogP contribution < -0.4 is 0 Å². The quantitative estimate of drug-likeness (QED) is 0.468. The Bertz CT molecular complexity index is 187. The topological polar surface area (TPSA) is 24.7 Å². The van der Waals surface area contributed by atoms with E-state index >= 15 is 0 Å². The van der Waals surface area contributed by atoms with Crippen LogP contribution in [0.1, 0.15) is 20.3 Å². The van der Waals surface area contributed by atoms with Crippen molar-refractivity contribution in [2.75, 3.05) is 0 Å². The van der Waals surface area contributed by atoms with Crippen LogP contribution in [-0.2, 0) is 0 Å². The van der Waals surface area contributed by atoms with E-state index in [4.69, 9.17) is 0 Å². The standard InChI is InChI=1S/C7H10N2/c1-6-4-3-5-8-7(2)9-6/h4-5H,3H2,1-2H3. The summed E-state index contributed by atoms with van der Waals surface area (Å²) in [5, 5.41) is 0. The number of aliphatic imine (C=N–C) groups is 2. The molecule has 0 radical (unpaired) electrons. The van der Waals surface area contributed by atoms with Gasteiger partial charge in [-0.3, -0.25) is 0 Å². The maximum Gasteiger partial charge on any atom is 0.125 e. The van der Waals surface area contributed by atoms with Crippen LogP contribution in [0.3, 0.4) is 0 Å². The van der Waals surface area contributed by atoms with Crippen LogP contribution in [0.25, 0.3) is 0 Å². The first-order chi connectivity index (χ1) is 4.29. The van der Waals surface area contributed by atoms with Crippen molar-refractivity contribution in [1.82, 2.24) is 0 Å². The molecular weight excluding hydrogens is 112 g/mol. The first kappa shape index (κ1) is 6.20. The fourth-order valence-corrected chi connectivity index (χ4v) is 0.738. The first-order valence-electron chi connectivity index (χ1n) is 3.03. The highest BCUT2D eigenvalue weighted by molar-refractivity contribution is 5.89. The predicted molar refractivity (Wildman–Crippen MR) is 40.0 cm³/mol. The molecule has 0 saturated heterocycles. The van der Waals surface area contributed by atoms with Gasteiger partial charge in [0.2, 0.25) is 0 Å². The van der Waals surface area contributed by atoms with Gasteiger partial charge in [0.05, 0.1) is 0 Å². The van der Waals surface area contributed by atoms with Crippen molar-refractivity contribution >= 4 is 12.1 Å². The number of rotatable bonds is 0. The highest BCUT2D eigenvalue weighted by Gasteiger charge is 1.90. The molecule has 0 aliphatic carbocycles. The minimum Gasteiger partial charge on any atom is -0.246 e. The Kier molecular flexibility index (Phi) is 1.78. The second-order valence-electron chi connectivity index (χ2n) is 2.05. The maximum absolute atomic E-state index is 4.16. The lowest BCUT2D eigenvalue weighted by molar-refractivity contribution is 1.26. The lowest BCUT2D eigenvalue weighted by Gasteiger charge is -1.87. The molecule has 1 heterocycles. The summed E-state index contributed by atoms with van der Waals surface area (Å²) >= 11 is 0. The molecule has 0 aromatic heterocycles. The second kappa shape index (κ2) is 2.58. The number of allylic oxidation sites excluding steroid dienone is 2. The maximum atomic E-state index is 4.16. The Morgan fingerprint density at radius 2 is 2.22 bits per heavy atom. The first-order valence-corrected chi connectivity index (χ1v) is 3.03. The number of amidine groups is 1. The smallest absolute Gasteiger partial charge is 0.125 e. The fourth-order valence-electron chi connectivity index (χ4n) is 0.738. The molecule has 0 unspecified atom stereocenters. The van der Waals surface area contributed by atoms with Crippen LogP contribution in [0.5, 0.6) is 0 Å². The largest absolute Gasteiger partial charge is 0.246 e. The molecule has 0 aromatic rings. The third-order valence-corrected chi connectivity index (χ3v) is 1.13. The van der Waals surface area contributed by atoms with Crippen molar-refractivity contribution in [3.05, 3.63) is 11.8 Å². The minimum absolute atomic E-state index is 0.848. The van der Waals surface area contributed by atoms with E-state index in [-0.39, 0.29) is 0 Å². The second-order valence-corrected chi connectivity index (χ2v) is 2.05. The van der Waals surface area contributed by atoms with Crippen molar-refractivity contribution in [2.24, 2.45) is 9.98 Å². The molecule has 0 atom stereocenters. The Hall–Kier alpha value is -0.920. The molecule has 2 nitrogen and oxygen atoms in total. The van der Waals surface area contributed by atoms with Crippen molar-refractivity contribution in [1.29, 1.82) is 0 Å². The summed E-state index contributed by atoms with van der Waals surface area (Å²) in [6.07, 6.45) is 4.84. The predicted octanol–water partition coefficient (Wildman–Crippen LogP) is 1.78. The van der Waals surface area contributed by atoms with Gasteiger partial charge in [0.1, 0.15) is 5.84 Å². The van der Waals surface area contributed by atoms with Gasteiger partial charge in [0.25, 0.3) is 0 Å². The van der Waals surface area contributed by atoms with Crippen molar-refractivity contribution in [3.63, 3.8) is 0 Å². The Morgan fingerprint density at radius 3 is 3.00 bits per heavy atom. The molecule has 0 N–H and O–H groups in total. The van der Waals surface area contributed by atoms with Gasteiger partial charge in [-0.25, -0.2) is 9.98 Å². The molecule has 48 valence electrons. The van der Waals surface area contributed by atoms with Crippen LogP contribution in [0.15, 0.2) is 21.8 Å². The van der Waals surface area contributed by atoms with Gasteiger partial charge in [0.15, 0.2) is 0 Å². The minimum atomic E-state index is 0.848. The third-order valence-electron chi connectivity index (χ3n) is 1.13. The van der Waals surface area contributed by atoms with Crippen LogP contribution in [0.2, 0.25) is 0 Å². The highest BCUT2D eigenvalue weighted by atomic mass is 14.9. The molecule has 0 aromatic carbocycles. The summed E-state index contributed by atoms with van der Waals surface area (Å²) in [6, 6.07) is 0. The van der Waals surface area contributed by atoms with E-state index in [0.717, 1.165) is 18.0 Å². The molecular formula is C7H10N2. The summed E-state index contributed by atoms with van der Waals surface area (Å²) in [5.41, 5.74) is 1.06. The van der Waals surface area contributed by atoms with E-state index in [0.29, 0.717) is 0 Å². The van der Waals surface area contributed by atoms with Gasteiger partial charge >= 0.3 is 0 Å². The Balaban J connectivity index is 2.82. The molecule has 9 heavy (non-hydrogen) atoms. The van der Waals surface area contributed by atoms with Crippen molar-refractivity contribution in [3.8, 4) is 0 Å². The average molecular weight is 122 g/mol. The van der Waals surface area contributed by atoms with E-state index in [9.17, 15) is 0 Å². The number of nitrogens with zero attached hydrogens (tertiary/aromatic N) is 2.